The van der Waals surface area contributed by atoms with Crippen molar-refractivity contribution in [2.75, 3.05) is 11.9 Å². The van der Waals surface area contributed by atoms with Crippen molar-refractivity contribution in [1.29, 1.82) is 0 Å². The minimum Gasteiger partial charge on any atom is -0.481 e. The van der Waals surface area contributed by atoms with Gasteiger partial charge in [0, 0.05) is 25.3 Å². The van der Waals surface area contributed by atoms with Gasteiger partial charge in [-0.1, -0.05) is 13.3 Å². The zero-order chi connectivity index (χ0) is 15.1. The van der Waals surface area contributed by atoms with Crippen LogP contribution in [0, 0.1) is 5.92 Å². The Balaban J connectivity index is 2.51. The average molecular weight is 299 g/mol. The summed E-state index contributed by atoms with van der Waals surface area (Å²) in [4.78, 5) is 37.3. The maximum atomic E-state index is 11.8. The molecule has 0 aliphatic carbocycles. The zero-order valence-corrected chi connectivity index (χ0v) is 12.1. The first-order valence-electron chi connectivity index (χ1n) is 6.15. The van der Waals surface area contributed by atoms with Crippen molar-refractivity contribution in [3.05, 3.63) is 11.1 Å². The van der Waals surface area contributed by atoms with E-state index in [-0.39, 0.29) is 36.4 Å². The highest BCUT2D eigenvalue weighted by atomic mass is 32.1. The van der Waals surface area contributed by atoms with Crippen molar-refractivity contribution in [3.8, 4) is 0 Å². The second-order valence-electron chi connectivity index (χ2n) is 4.30. The summed E-state index contributed by atoms with van der Waals surface area (Å²) in [5, 5.41) is 15.8. The van der Waals surface area contributed by atoms with Crippen LogP contribution in [0.5, 0.6) is 0 Å². The molecule has 1 aromatic heterocycles. The molecule has 0 saturated heterocycles. The highest BCUT2D eigenvalue weighted by molar-refractivity contribution is 7.14. The Morgan fingerprint density at radius 2 is 2.15 bits per heavy atom. The first-order valence-corrected chi connectivity index (χ1v) is 7.03. The minimum atomic E-state index is -0.882. The predicted octanol–water partition coefficient (Wildman–Crippen LogP) is 1.33. The number of hydrogen-bond donors (Lipinski definition) is 3. The van der Waals surface area contributed by atoms with Gasteiger partial charge in [-0.15, -0.1) is 11.3 Å². The number of carbonyl (C=O) groups excluding carboxylic acids is 2. The number of carboxylic acid groups (broad SMARTS) is 1. The van der Waals surface area contributed by atoms with Gasteiger partial charge in [-0.05, 0) is 5.92 Å². The summed E-state index contributed by atoms with van der Waals surface area (Å²) in [6.07, 6.45) is 0.686. The predicted molar refractivity (Wildman–Crippen MR) is 74.8 cm³/mol. The molecule has 1 unspecified atom stereocenters. The van der Waals surface area contributed by atoms with Crippen LogP contribution in [0.15, 0.2) is 5.38 Å². The SMILES string of the molecule is CCC(CNC(=O)c1csc(NC(C)=O)n1)CC(=O)O. The number of anilines is 1. The fraction of sp³-hybridized carbons (Fsp3) is 0.500. The Hall–Kier alpha value is -1.96. The summed E-state index contributed by atoms with van der Waals surface area (Å²) >= 11 is 1.16. The lowest BCUT2D eigenvalue weighted by molar-refractivity contribution is -0.138. The summed E-state index contributed by atoms with van der Waals surface area (Å²) < 4.78 is 0. The highest BCUT2D eigenvalue weighted by Gasteiger charge is 2.15. The lowest BCUT2D eigenvalue weighted by Crippen LogP contribution is -2.30. The average Bonchev–Trinajstić information content (AvgIpc) is 2.81. The molecule has 2 amide bonds. The first-order chi connectivity index (χ1) is 9.42. The molecule has 0 radical (unpaired) electrons. The van der Waals surface area contributed by atoms with Gasteiger partial charge in [-0.2, -0.15) is 0 Å². The van der Waals surface area contributed by atoms with E-state index in [9.17, 15) is 14.4 Å². The van der Waals surface area contributed by atoms with Gasteiger partial charge in [-0.3, -0.25) is 14.4 Å². The number of aliphatic carboxylic acids is 1. The monoisotopic (exact) mass is 299 g/mol. The summed E-state index contributed by atoms with van der Waals surface area (Å²) in [5.41, 5.74) is 0.212. The summed E-state index contributed by atoms with van der Waals surface area (Å²) in [6, 6.07) is 0. The molecule has 0 aliphatic rings. The molecule has 0 aromatic carbocycles. The Morgan fingerprint density at radius 3 is 2.70 bits per heavy atom. The van der Waals surface area contributed by atoms with Gasteiger partial charge < -0.3 is 15.7 Å². The van der Waals surface area contributed by atoms with Gasteiger partial charge in [0.05, 0.1) is 0 Å². The third-order valence-corrected chi connectivity index (χ3v) is 3.37. The van der Waals surface area contributed by atoms with E-state index in [0.29, 0.717) is 11.6 Å². The maximum absolute atomic E-state index is 11.8. The van der Waals surface area contributed by atoms with Gasteiger partial charge >= 0.3 is 5.97 Å². The van der Waals surface area contributed by atoms with Crippen LogP contribution in [0.4, 0.5) is 5.13 Å². The summed E-state index contributed by atoms with van der Waals surface area (Å²) in [5.74, 6) is -1.61. The molecule has 8 heteroatoms. The van der Waals surface area contributed by atoms with Crippen molar-refractivity contribution >= 4 is 34.3 Å². The molecule has 110 valence electrons. The maximum Gasteiger partial charge on any atom is 0.303 e. The molecule has 1 atom stereocenters. The zero-order valence-electron chi connectivity index (χ0n) is 11.3. The largest absolute Gasteiger partial charge is 0.481 e. The second kappa shape index (κ2) is 7.59. The third-order valence-electron chi connectivity index (χ3n) is 2.61. The van der Waals surface area contributed by atoms with Gasteiger partial charge in [0.15, 0.2) is 5.13 Å². The van der Waals surface area contributed by atoms with E-state index in [0.717, 1.165) is 11.3 Å². The van der Waals surface area contributed by atoms with Gasteiger partial charge in [0.2, 0.25) is 5.91 Å². The summed E-state index contributed by atoms with van der Waals surface area (Å²) in [6.45, 7) is 3.52. The molecule has 0 spiro atoms. The molecular weight excluding hydrogens is 282 g/mol. The highest BCUT2D eigenvalue weighted by Crippen LogP contribution is 2.15. The number of carbonyl (C=O) groups is 3. The molecule has 1 heterocycles. The van der Waals surface area contributed by atoms with Crippen LogP contribution in [0.25, 0.3) is 0 Å². The van der Waals surface area contributed by atoms with Crippen LogP contribution in [-0.2, 0) is 9.59 Å². The van der Waals surface area contributed by atoms with Crippen LogP contribution in [0.1, 0.15) is 37.2 Å². The number of aromatic nitrogens is 1. The number of amides is 2. The number of carboxylic acids is 1. The lowest BCUT2D eigenvalue weighted by Gasteiger charge is -2.12. The molecule has 1 aromatic rings. The smallest absolute Gasteiger partial charge is 0.303 e. The molecule has 3 N–H and O–H groups in total. The quantitative estimate of drug-likeness (QED) is 0.704. The van der Waals surface area contributed by atoms with E-state index < -0.39 is 5.97 Å². The lowest BCUT2D eigenvalue weighted by atomic mass is 10.0. The van der Waals surface area contributed by atoms with Crippen molar-refractivity contribution in [2.45, 2.75) is 26.7 Å². The van der Waals surface area contributed by atoms with Crippen LogP contribution in [0.3, 0.4) is 0 Å². The van der Waals surface area contributed by atoms with E-state index in [1.54, 1.807) is 5.38 Å². The Kier molecular flexibility index (Phi) is 6.10. The van der Waals surface area contributed by atoms with E-state index in [1.807, 2.05) is 6.92 Å². The van der Waals surface area contributed by atoms with Crippen molar-refractivity contribution < 1.29 is 19.5 Å². The van der Waals surface area contributed by atoms with Gasteiger partial charge in [-0.25, -0.2) is 4.98 Å². The number of nitrogens with one attached hydrogen (secondary N) is 2. The molecule has 1 rings (SSSR count). The first kappa shape index (κ1) is 16.1. The molecular formula is C12H17N3O4S. The Labute approximate surface area is 120 Å². The fourth-order valence-electron chi connectivity index (χ4n) is 1.52. The van der Waals surface area contributed by atoms with Crippen LogP contribution in [-0.4, -0.2) is 34.4 Å². The van der Waals surface area contributed by atoms with E-state index in [1.165, 1.54) is 6.92 Å². The van der Waals surface area contributed by atoms with Gasteiger partial charge in [0.1, 0.15) is 5.69 Å². The standard InChI is InChI=1S/C12H17N3O4S/c1-3-8(4-10(17)18)5-13-11(19)9-6-20-12(15-9)14-7(2)16/h6,8H,3-5H2,1-2H3,(H,13,19)(H,17,18)(H,14,15,16). The summed E-state index contributed by atoms with van der Waals surface area (Å²) in [7, 11) is 0. The number of nitrogens with zero attached hydrogens (tertiary/aromatic N) is 1. The molecule has 0 aliphatic heterocycles. The molecule has 20 heavy (non-hydrogen) atoms. The van der Waals surface area contributed by atoms with Crippen molar-refractivity contribution in [1.82, 2.24) is 10.3 Å². The van der Waals surface area contributed by atoms with E-state index in [2.05, 4.69) is 15.6 Å². The Morgan fingerprint density at radius 1 is 1.45 bits per heavy atom. The molecule has 7 nitrogen and oxygen atoms in total. The third kappa shape index (κ3) is 5.35. The van der Waals surface area contributed by atoms with Crippen LogP contribution >= 0.6 is 11.3 Å². The number of rotatable bonds is 7. The second-order valence-corrected chi connectivity index (χ2v) is 5.16. The van der Waals surface area contributed by atoms with E-state index >= 15 is 0 Å². The number of hydrogen-bond acceptors (Lipinski definition) is 5. The van der Waals surface area contributed by atoms with Gasteiger partial charge in [0.25, 0.3) is 5.91 Å². The number of thiazole rings is 1. The topological polar surface area (TPSA) is 108 Å². The normalized spacial score (nSPS) is 11.7. The molecule has 0 saturated carbocycles. The molecule has 0 fully saturated rings. The van der Waals surface area contributed by atoms with E-state index in [4.69, 9.17) is 5.11 Å². The van der Waals surface area contributed by atoms with Crippen LogP contribution in [0.2, 0.25) is 0 Å². The minimum absolute atomic E-state index is 0.0188. The Bertz CT molecular complexity index is 501. The molecule has 0 bridgehead atoms. The van der Waals surface area contributed by atoms with Crippen LogP contribution < -0.4 is 10.6 Å². The fourth-order valence-corrected chi connectivity index (χ4v) is 2.26. The van der Waals surface area contributed by atoms with Crippen molar-refractivity contribution in [2.24, 2.45) is 5.92 Å². The van der Waals surface area contributed by atoms with Crippen molar-refractivity contribution in [3.63, 3.8) is 0 Å².